The number of aromatic nitrogens is 1. The predicted octanol–water partition coefficient (Wildman–Crippen LogP) is 1.59. The number of piperidine rings is 2. The van der Waals surface area contributed by atoms with Crippen LogP contribution in [0, 0.1) is 12.3 Å². The molecule has 0 unspecified atom stereocenters. The van der Waals surface area contributed by atoms with E-state index in [0.717, 1.165) is 44.7 Å². The zero-order valence-corrected chi connectivity index (χ0v) is 13.3. The van der Waals surface area contributed by atoms with Crippen molar-refractivity contribution >= 4 is 11.7 Å². The Balaban J connectivity index is 1.74. The first kappa shape index (κ1) is 15.3. The smallest absolute Gasteiger partial charge is 0.222 e. The second kappa shape index (κ2) is 6.24. The molecule has 3 rings (SSSR count). The Kier molecular flexibility index (Phi) is 4.34. The maximum atomic E-state index is 12.0. The highest BCUT2D eigenvalue weighted by atomic mass is 16.3. The van der Waals surface area contributed by atoms with E-state index in [0.29, 0.717) is 13.0 Å². The molecule has 120 valence electrons. The van der Waals surface area contributed by atoms with E-state index in [2.05, 4.69) is 22.0 Å². The van der Waals surface area contributed by atoms with Gasteiger partial charge in [-0.3, -0.25) is 4.79 Å². The van der Waals surface area contributed by atoms with Crippen LogP contribution in [0.2, 0.25) is 0 Å². The fourth-order valence-corrected chi connectivity index (χ4v) is 3.81. The number of rotatable bonds is 3. The van der Waals surface area contributed by atoms with Crippen molar-refractivity contribution in [1.29, 1.82) is 0 Å². The lowest BCUT2D eigenvalue weighted by Crippen LogP contribution is -2.54. The molecule has 2 fully saturated rings. The van der Waals surface area contributed by atoms with Crippen molar-refractivity contribution in [2.75, 3.05) is 37.7 Å². The summed E-state index contributed by atoms with van der Waals surface area (Å²) >= 11 is 0. The van der Waals surface area contributed by atoms with Gasteiger partial charge in [0.2, 0.25) is 5.91 Å². The van der Waals surface area contributed by atoms with Gasteiger partial charge in [-0.15, -0.1) is 0 Å². The number of nitrogens with zero attached hydrogens (tertiary/aromatic N) is 3. The Morgan fingerprint density at radius 1 is 1.32 bits per heavy atom. The Morgan fingerprint density at radius 3 is 2.91 bits per heavy atom. The van der Waals surface area contributed by atoms with Gasteiger partial charge >= 0.3 is 0 Å². The first-order valence-electron chi connectivity index (χ1n) is 8.18. The number of hydrogen-bond acceptors (Lipinski definition) is 4. The van der Waals surface area contributed by atoms with Crippen LogP contribution >= 0.6 is 0 Å². The largest absolute Gasteiger partial charge is 0.395 e. The van der Waals surface area contributed by atoms with E-state index < -0.39 is 0 Å². The SMILES string of the molecule is Cc1ccc(N2CCC[C@@]3(CCC(=O)N(CCO)C3)C2)nc1. The van der Waals surface area contributed by atoms with Crippen LogP contribution in [0.15, 0.2) is 18.3 Å². The van der Waals surface area contributed by atoms with Crippen LogP contribution in [0.25, 0.3) is 0 Å². The van der Waals surface area contributed by atoms with E-state index in [1.54, 1.807) is 0 Å². The summed E-state index contributed by atoms with van der Waals surface area (Å²) in [6, 6.07) is 4.19. The van der Waals surface area contributed by atoms with Crippen molar-refractivity contribution in [2.24, 2.45) is 5.41 Å². The van der Waals surface area contributed by atoms with Crippen molar-refractivity contribution in [2.45, 2.75) is 32.6 Å². The molecule has 0 aliphatic carbocycles. The Hall–Kier alpha value is -1.62. The summed E-state index contributed by atoms with van der Waals surface area (Å²) in [7, 11) is 0. The molecule has 1 amide bonds. The zero-order valence-electron chi connectivity index (χ0n) is 13.3. The number of carbonyl (C=O) groups excluding carboxylic acids is 1. The number of carbonyl (C=O) groups is 1. The Labute approximate surface area is 131 Å². The zero-order chi connectivity index (χ0) is 15.6. The lowest BCUT2D eigenvalue weighted by Gasteiger charge is -2.48. The molecule has 0 saturated carbocycles. The van der Waals surface area contributed by atoms with Gasteiger partial charge in [-0.25, -0.2) is 4.98 Å². The number of pyridine rings is 1. The lowest BCUT2D eigenvalue weighted by molar-refractivity contribution is -0.138. The van der Waals surface area contributed by atoms with Gasteiger partial charge in [0.15, 0.2) is 0 Å². The van der Waals surface area contributed by atoms with Crippen LogP contribution < -0.4 is 4.90 Å². The highest BCUT2D eigenvalue weighted by molar-refractivity contribution is 5.77. The van der Waals surface area contributed by atoms with Gasteiger partial charge in [0.25, 0.3) is 0 Å². The Morgan fingerprint density at radius 2 is 2.18 bits per heavy atom. The summed E-state index contributed by atoms with van der Waals surface area (Å²) in [6.07, 6.45) is 5.77. The highest BCUT2D eigenvalue weighted by Crippen LogP contribution is 2.39. The number of hydrogen-bond donors (Lipinski definition) is 1. The van der Waals surface area contributed by atoms with Gasteiger partial charge < -0.3 is 14.9 Å². The standard InChI is InChI=1S/C17H25N3O2/c1-14-3-4-15(18-11-14)19-8-2-6-17(12-19)7-5-16(22)20(13-17)9-10-21/h3-4,11,21H,2,5-10,12-13H2,1H3/t17-/m1/s1. The monoisotopic (exact) mass is 303 g/mol. The minimum atomic E-state index is 0.0467. The van der Waals surface area contributed by atoms with Crippen LogP contribution in [-0.4, -0.2) is 53.7 Å². The van der Waals surface area contributed by atoms with Crippen LogP contribution in [0.3, 0.4) is 0 Å². The number of anilines is 1. The fraction of sp³-hybridized carbons (Fsp3) is 0.647. The van der Waals surface area contributed by atoms with Crippen molar-refractivity contribution in [3.63, 3.8) is 0 Å². The van der Waals surface area contributed by atoms with E-state index in [1.807, 2.05) is 18.0 Å². The fourth-order valence-electron chi connectivity index (χ4n) is 3.81. The maximum Gasteiger partial charge on any atom is 0.222 e. The number of aryl methyl sites for hydroxylation is 1. The molecular weight excluding hydrogens is 278 g/mol. The number of amides is 1. The van der Waals surface area contributed by atoms with Gasteiger partial charge in [-0.2, -0.15) is 0 Å². The van der Waals surface area contributed by atoms with E-state index in [4.69, 9.17) is 5.11 Å². The molecule has 5 heteroatoms. The van der Waals surface area contributed by atoms with Gasteiger partial charge in [0.1, 0.15) is 5.82 Å². The molecule has 0 radical (unpaired) electrons. The van der Waals surface area contributed by atoms with Crippen LogP contribution in [0.1, 0.15) is 31.2 Å². The molecule has 2 saturated heterocycles. The van der Waals surface area contributed by atoms with Gasteiger partial charge in [-0.05, 0) is 37.8 Å². The minimum absolute atomic E-state index is 0.0467. The van der Waals surface area contributed by atoms with E-state index in [9.17, 15) is 4.79 Å². The minimum Gasteiger partial charge on any atom is -0.395 e. The summed E-state index contributed by atoms with van der Waals surface area (Å²) in [4.78, 5) is 20.7. The molecule has 1 aromatic rings. The van der Waals surface area contributed by atoms with Crippen LogP contribution in [-0.2, 0) is 4.79 Å². The van der Waals surface area contributed by atoms with E-state index >= 15 is 0 Å². The Bertz CT molecular complexity index is 531. The molecule has 0 aromatic carbocycles. The van der Waals surface area contributed by atoms with Crippen molar-refractivity contribution in [1.82, 2.24) is 9.88 Å². The normalized spacial score (nSPS) is 25.8. The molecule has 22 heavy (non-hydrogen) atoms. The first-order chi connectivity index (χ1) is 10.6. The topological polar surface area (TPSA) is 56.7 Å². The summed E-state index contributed by atoms with van der Waals surface area (Å²) in [5, 5.41) is 9.16. The molecule has 2 aliphatic rings. The average Bonchev–Trinajstić information content (AvgIpc) is 2.52. The van der Waals surface area contributed by atoms with Gasteiger partial charge in [0.05, 0.1) is 6.61 Å². The average molecular weight is 303 g/mol. The van der Waals surface area contributed by atoms with E-state index in [-0.39, 0.29) is 17.9 Å². The van der Waals surface area contributed by atoms with E-state index in [1.165, 1.54) is 5.56 Å². The third kappa shape index (κ3) is 3.09. The van der Waals surface area contributed by atoms with Crippen molar-refractivity contribution < 1.29 is 9.90 Å². The molecule has 1 aromatic heterocycles. The van der Waals surface area contributed by atoms with Crippen LogP contribution in [0.5, 0.6) is 0 Å². The molecule has 5 nitrogen and oxygen atoms in total. The van der Waals surface area contributed by atoms with Crippen molar-refractivity contribution in [3.8, 4) is 0 Å². The maximum absolute atomic E-state index is 12.0. The number of aliphatic hydroxyl groups is 1. The summed E-state index contributed by atoms with van der Waals surface area (Å²) < 4.78 is 0. The predicted molar refractivity (Wildman–Crippen MR) is 85.8 cm³/mol. The summed E-state index contributed by atoms with van der Waals surface area (Å²) in [6.45, 7) is 5.32. The van der Waals surface area contributed by atoms with Gasteiger partial charge in [0, 0.05) is 44.2 Å². The second-order valence-corrected chi connectivity index (χ2v) is 6.76. The molecular formula is C17H25N3O2. The summed E-state index contributed by atoms with van der Waals surface area (Å²) in [5.41, 5.74) is 1.33. The lowest BCUT2D eigenvalue weighted by atomic mass is 9.73. The number of β-amino-alcohol motifs (C(OH)–C–C–N with tert-alkyl or cyclic N) is 1. The molecule has 3 heterocycles. The third-order valence-corrected chi connectivity index (χ3v) is 5.00. The second-order valence-electron chi connectivity index (χ2n) is 6.76. The quantitative estimate of drug-likeness (QED) is 0.921. The van der Waals surface area contributed by atoms with Gasteiger partial charge in [-0.1, -0.05) is 6.07 Å². The third-order valence-electron chi connectivity index (χ3n) is 5.00. The first-order valence-corrected chi connectivity index (χ1v) is 8.18. The molecule has 1 atom stereocenters. The molecule has 2 aliphatic heterocycles. The summed E-state index contributed by atoms with van der Waals surface area (Å²) in [5.74, 6) is 1.22. The molecule has 1 N–H and O–H groups in total. The number of aliphatic hydroxyl groups excluding tert-OH is 1. The molecule has 0 bridgehead atoms. The molecule has 1 spiro atoms. The van der Waals surface area contributed by atoms with Crippen LogP contribution in [0.4, 0.5) is 5.82 Å². The van der Waals surface area contributed by atoms with Crippen molar-refractivity contribution in [3.05, 3.63) is 23.9 Å². The highest BCUT2D eigenvalue weighted by Gasteiger charge is 2.41. The number of likely N-dealkylation sites (tertiary alicyclic amines) is 1.